The molecule has 1 saturated heterocycles. The van der Waals surface area contributed by atoms with Gasteiger partial charge < -0.3 is 10.1 Å². The van der Waals surface area contributed by atoms with E-state index in [1.165, 1.54) is 16.7 Å². The van der Waals surface area contributed by atoms with Crippen molar-refractivity contribution in [1.29, 1.82) is 0 Å². The Morgan fingerprint density at radius 3 is 2.96 bits per heavy atom. The summed E-state index contributed by atoms with van der Waals surface area (Å²) in [6.07, 6.45) is -2.80. The molecule has 0 saturated carbocycles. The van der Waals surface area contributed by atoms with Gasteiger partial charge >= 0.3 is 11.9 Å². The summed E-state index contributed by atoms with van der Waals surface area (Å²) in [5.74, 6) is -0.497. The molecule has 1 aromatic heterocycles. The first-order valence-electron chi connectivity index (χ1n) is 8.65. The van der Waals surface area contributed by atoms with E-state index in [1.54, 1.807) is 6.92 Å². The molecule has 0 spiro atoms. The number of hydrogen-bond donors (Lipinski definition) is 2. The number of benzene rings is 1. The number of H-pyrrole nitrogens is 1. The number of nitrogens with one attached hydrogen (secondary N) is 2. The van der Waals surface area contributed by atoms with Crippen molar-refractivity contribution in [3.63, 3.8) is 0 Å². The zero-order valence-corrected chi connectivity index (χ0v) is 15.8. The zero-order valence-electron chi connectivity index (χ0n) is 15.0. The second-order valence-corrected chi connectivity index (χ2v) is 7.69. The Morgan fingerprint density at radius 1 is 1.50 bits per heavy atom. The van der Waals surface area contributed by atoms with Crippen LogP contribution >= 0.6 is 11.8 Å². The Kier molecular flexibility index (Phi) is 6.14. The highest BCUT2D eigenvalue weighted by molar-refractivity contribution is 8.00. The number of aromatic nitrogens is 3. The number of rotatable bonds is 6. The minimum atomic E-state index is -4.49. The number of amides is 1. The lowest BCUT2D eigenvalue weighted by molar-refractivity contribution is -0.137. The molecule has 7 nitrogen and oxygen atoms in total. The molecule has 28 heavy (non-hydrogen) atoms. The van der Waals surface area contributed by atoms with Crippen molar-refractivity contribution in [3.05, 3.63) is 40.3 Å². The SMILES string of the molecule is CC(Sc1n[nH]c(=O)n1CC1CCCO1)C(=O)Nc1cccc(C(F)(F)F)c1. The molecule has 3 rings (SSSR count). The van der Waals surface area contributed by atoms with Crippen molar-refractivity contribution in [2.75, 3.05) is 11.9 Å². The Balaban J connectivity index is 1.66. The average molecular weight is 416 g/mol. The highest BCUT2D eigenvalue weighted by Crippen LogP contribution is 2.31. The van der Waals surface area contributed by atoms with E-state index >= 15 is 0 Å². The Bertz CT molecular complexity index is 890. The van der Waals surface area contributed by atoms with Crippen LogP contribution in [0.5, 0.6) is 0 Å². The van der Waals surface area contributed by atoms with Gasteiger partial charge in [0.15, 0.2) is 5.16 Å². The first-order chi connectivity index (χ1) is 13.2. The van der Waals surface area contributed by atoms with E-state index in [4.69, 9.17) is 4.74 Å². The van der Waals surface area contributed by atoms with Crippen molar-refractivity contribution in [1.82, 2.24) is 14.8 Å². The van der Waals surface area contributed by atoms with Crippen LogP contribution in [0.2, 0.25) is 0 Å². The maximum Gasteiger partial charge on any atom is 0.416 e. The summed E-state index contributed by atoms with van der Waals surface area (Å²) in [5, 5.41) is 8.39. The zero-order chi connectivity index (χ0) is 20.3. The number of carbonyl (C=O) groups excluding carboxylic acids is 1. The van der Waals surface area contributed by atoms with Crippen LogP contribution in [0.4, 0.5) is 18.9 Å². The fraction of sp³-hybridized carbons (Fsp3) is 0.471. The smallest absolute Gasteiger partial charge is 0.376 e. The predicted molar refractivity (Wildman–Crippen MR) is 97.2 cm³/mol. The summed E-state index contributed by atoms with van der Waals surface area (Å²) in [6.45, 7) is 2.57. The van der Waals surface area contributed by atoms with Gasteiger partial charge in [-0.2, -0.15) is 13.2 Å². The monoisotopic (exact) mass is 416 g/mol. The topological polar surface area (TPSA) is 89.0 Å². The molecule has 1 fully saturated rings. The third kappa shape index (κ3) is 4.96. The van der Waals surface area contributed by atoms with Crippen LogP contribution in [-0.2, 0) is 22.3 Å². The lowest BCUT2D eigenvalue weighted by Crippen LogP contribution is -2.27. The molecular weight excluding hydrogens is 397 g/mol. The quantitative estimate of drug-likeness (QED) is 0.707. The Morgan fingerprint density at radius 2 is 2.29 bits per heavy atom. The molecule has 1 aliphatic heterocycles. The van der Waals surface area contributed by atoms with Crippen LogP contribution in [0.1, 0.15) is 25.3 Å². The number of nitrogens with zero attached hydrogens (tertiary/aromatic N) is 2. The minimum Gasteiger partial charge on any atom is -0.376 e. The lowest BCUT2D eigenvalue weighted by Gasteiger charge is -2.15. The summed E-state index contributed by atoms with van der Waals surface area (Å²) in [4.78, 5) is 24.3. The van der Waals surface area contributed by atoms with E-state index < -0.39 is 28.6 Å². The number of halogens is 3. The number of ether oxygens (including phenoxy) is 1. The van der Waals surface area contributed by atoms with Crippen LogP contribution < -0.4 is 11.0 Å². The van der Waals surface area contributed by atoms with Crippen molar-refractivity contribution >= 4 is 23.4 Å². The van der Waals surface area contributed by atoms with Crippen LogP contribution in [-0.4, -0.2) is 38.6 Å². The lowest BCUT2D eigenvalue weighted by atomic mass is 10.2. The van der Waals surface area contributed by atoms with Gasteiger partial charge in [-0.25, -0.2) is 9.89 Å². The fourth-order valence-electron chi connectivity index (χ4n) is 2.77. The summed E-state index contributed by atoms with van der Waals surface area (Å²) < 4.78 is 45.3. The molecule has 1 aromatic carbocycles. The van der Waals surface area contributed by atoms with Crippen molar-refractivity contribution in [2.24, 2.45) is 0 Å². The van der Waals surface area contributed by atoms with Crippen LogP contribution in [0.25, 0.3) is 0 Å². The van der Waals surface area contributed by atoms with E-state index in [-0.39, 0.29) is 11.8 Å². The maximum absolute atomic E-state index is 12.8. The molecule has 2 N–H and O–H groups in total. The molecule has 2 aromatic rings. The largest absolute Gasteiger partial charge is 0.416 e. The van der Waals surface area contributed by atoms with Crippen LogP contribution in [0.3, 0.4) is 0 Å². The van der Waals surface area contributed by atoms with Gasteiger partial charge in [0.1, 0.15) is 0 Å². The summed E-state index contributed by atoms with van der Waals surface area (Å²) in [6, 6.07) is 4.41. The van der Waals surface area contributed by atoms with E-state index in [2.05, 4.69) is 15.5 Å². The molecule has 2 unspecified atom stereocenters. The van der Waals surface area contributed by atoms with Crippen LogP contribution in [0.15, 0.2) is 34.2 Å². The average Bonchev–Trinajstić information content (AvgIpc) is 3.26. The first-order valence-corrected chi connectivity index (χ1v) is 9.53. The van der Waals surface area contributed by atoms with Crippen molar-refractivity contribution in [3.8, 4) is 0 Å². The molecular formula is C17H19F3N4O3S. The van der Waals surface area contributed by atoms with E-state index in [9.17, 15) is 22.8 Å². The standard InChI is InChI=1S/C17H19F3N4O3S/c1-10(14(25)21-12-5-2-4-11(8-12)17(18,19)20)28-16-23-22-15(26)24(16)9-13-6-3-7-27-13/h2,4-5,8,10,13H,3,6-7,9H2,1H3,(H,21,25)(H,22,26). The summed E-state index contributed by atoms with van der Waals surface area (Å²) >= 11 is 1.04. The number of hydrogen-bond acceptors (Lipinski definition) is 5. The first kappa shape index (κ1) is 20.5. The predicted octanol–water partition coefficient (Wildman–Crippen LogP) is 2.89. The third-order valence-electron chi connectivity index (χ3n) is 4.24. The van der Waals surface area contributed by atoms with Gasteiger partial charge in [0.25, 0.3) is 0 Å². The van der Waals surface area contributed by atoms with Crippen LogP contribution in [0, 0.1) is 0 Å². The van der Waals surface area contributed by atoms with E-state index in [1.807, 2.05) is 0 Å². The number of carbonyl (C=O) groups is 1. The number of anilines is 1. The normalized spacial score (nSPS) is 18.2. The molecule has 152 valence electrons. The van der Waals surface area contributed by atoms with E-state index in [0.717, 1.165) is 36.7 Å². The minimum absolute atomic E-state index is 0.0473. The Hall–Kier alpha value is -2.27. The maximum atomic E-state index is 12.8. The molecule has 1 amide bonds. The van der Waals surface area contributed by atoms with Gasteiger partial charge in [-0.05, 0) is 38.0 Å². The molecule has 2 heterocycles. The number of alkyl halides is 3. The highest BCUT2D eigenvalue weighted by atomic mass is 32.2. The molecule has 11 heteroatoms. The molecule has 0 radical (unpaired) electrons. The summed E-state index contributed by atoms with van der Waals surface area (Å²) in [5.41, 5.74) is -1.20. The number of thioether (sulfide) groups is 1. The number of aromatic amines is 1. The van der Waals surface area contributed by atoms with Gasteiger partial charge in [-0.3, -0.25) is 9.36 Å². The second kappa shape index (κ2) is 8.39. The molecule has 0 bridgehead atoms. The fourth-order valence-corrected chi connectivity index (χ4v) is 3.64. The second-order valence-electron chi connectivity index (χ2n) is 6.38. The van der Waals surface area contributed by atoms with Crippen molar-refractivity contribution in [2.45, 2.75) is 49.0 Å². The third-order valence-corrected chi connectivity index (χ3v) is 5.33. The summed E-state index contributed by atoms with van der Waals surface area (Å²) in [7, 11) is 0. The van der Waals surface area contributed by atoms with Gasteiger partial charge in [-0.1, -0.05) is 17.8 Å². The highest BCUT2D eigenvalue weighted by Gasteiger charge is 2.30. The van der Waals surface area contributed by atoms with E-state index in [0.29, 0.717) is 18.3 Å². The molecule has 1 aliphatic rings. The van der Waals surface area contributed by atoms with Gasteiger partial charge in [-0.15, -0.1) is 5.10 Å². The van der Waals surface area contributed by atoms with Gasteiger partial charge in [0.05, 0.1) is 23.5 Å². The molecule has 0 aliphatic carbocycles. The van der Waals surface area contributed by atoms with Crippen molar-refractivity contribution < 1.29 is 22.7 Å². The molecule has 2 atom stereocenters. The van der Waals surface area contributed by atoms with Gasteiger partial charge in [0.2, 0.25) is 5.91 Å². The van der Waals surface area contributed by atoms with Gasteiger partial charge in [0, 0.05) is 12.3 Å². The Labute approximate surface area is 162 Å².